The molecular weight excluding hydrogens is 430 g/mol. The van der Waals surface area contributed by atoms with E-state index in [1.54, 1.807) is 18.0 Å². The van der Waals surface area contributed by atoms with Crippen molar-refractivity contribution in [2.24, 2.45) is 0 Å². The predicted molar refractivity (Wildman–Crippen MR) is 119 cm³/mol. The third kappa shape index (κ3) is 5.10. The van der Waals surface area contributed by atoms with Crippen LogP contribution in [0.5, 0.6) is 0 Å². The van der Waals surface area contributed by atoms with Gasteiger partial charge >= 0.3 is 0 Å². The van der Waals surface area contributed by atoms with Crippen molar-refractivity contribution in [2.45, 2.75) is 35.3 Å². The van der Waals surface area contributed by atoms with Crippen LogP contribution in [0.1, 0.15) is 35.4 Å². The third-order valence-electron chi connectivity index (χ3n) is 5.48. The van der Waals surface area contributed by atoms with E-state index < -0.39 is 6.10 Å². The zero-order valence-corrected chi connectivity index (χ0v) is 19.1. The Labute approximate surface area is 193 Å². The summed E-state index contributed by atoms with van der Waals surface area (Å²) in [5, 5.41) is 12.5. The molecule has 0 radical (unpaired) electrons. The summed E-state index contributed by atoms with van der Waals surface area (Å²) in [7, 11) is 2.00. The van der Waals surface area contributed by atoms with E-state index in [-0.39, 0.29) is 24.2 Å². The highest BCUT2D eigenvalue weighted by Crippen LogP contribution is 2.46. The first-order chi connectivity index (χ1) is 14.5. The van der Waals surface area contributed by atoms with E-state index >= 15 is 0 Å². The summed E-state index contributed by atoms with van der Waals surface area (Å²) in [5.74, 6) is 1.06. The third-order valence-corrected chi connectivity index (χ3v) is 6.57. The average Bonchev–Trinajstić information content (AvgIpc) is 2.78. The van der Waals surface area contributed by atoms with Crippen LogP contribution in [0.15, 0.2) is 76.7 Å². The zero-order valence-electron chi connectivity index (χ0n) is 17.5. The number of anilines is 2. The molecule has 31 heavy (non-hydrogen) atoms. The first-order valence-electron chi connectivity index (χ1n) is 10.1. The number of ketones is 1. The monoisotopic (exact) mass is 455 g/mol. The van der Waals surface area contributed by atoms with Gasteiger partial charge in [-0.2, -0.15) is 0 Å². The summed E-state index contributed by atoms with van der Waals surface area (Å²) in [6.45, 7) is 2.62. The summed E-state index contributed by atoms with van der Waals surface area (Å²) < 4.78 is 0. The standard InChI is InChI=1S/C24H25N3O2S.ClH/c1-16(23(29)17-7-4-3-5-8-17)25-14-12-20(28)18-10-11-19-22(15-18)30-21-9-6-13-26-24(21)27(19)2;/h3-11,13,15-16,23,25,29H,12,14H2,1-2H3;1H. The number of carbonyl (C=O) groups is 1. The molecule has 0 amide bonds. The maximum absolute atomic E-state index is 12.8. The van der Waals surface area contributed by atoms with Crippen LogP contribution in [0.2, 0.25) is 0 Å². The normalized spacial score (nSPS) is 14.1. The number of nitrogens with zero attached hydrogens (tertiary/aromatic N) is 2. The molecule has 4 rings (SSSR count). The zero-order chi connectivity index (χ0) is 21.1. The van der Waals surface area contributed by atoms with Gasteiger partial charge in [-0.25, -0.2) is 4.98 Å². The van der Waals surface area contributed by atoms with Gasteiger partial charge in [-0.05, 0) is 42.8 Å². The number of quaternary nitrogens is 1. The lowest BCUT2D eigenvalue weighted by Gasteiger charge is -2.28. The van der Waals surface area contributed by atoms with Gasteiger partial charge in [-0.1, -0.05) is 42.1 Å². The molecule has 3 aromatic rings. The van der Waals surface area contributed by atoms with E-state index in [0.717, 1.165) is 32.4 Å². The van der Waals surface area contributed by atoms with Crippen LogP contribution in [0.25, 0.3) is 0 Å². The van der Waals surface area contributed by atoms with Gasteiger partial charge in [0.15, 0.2) is 5.78 Å². The lowest BCUT2D eigenvalue weighted by molar-refractivity contribution is -0.693. The molecule has 7 heteroatoms. The second-order valence-electron chi connectivity index (χ2n) is 7.58. The van der Waals surface area contributed by atoms with Crippen molar-refractivity contribution in [2.75, 3.05) is 18.5 Å². The number of fused-ring (bicyclic) bond motifs is 2. The van der Waals surface area contributed by atoms with Crippen LogP contribution in [-0.2, 0) is 0 Å². The van der Waals surface area contributed by atoms with Gasteiger partial charge < -0.3 is 27.7 Å². The molecular formula is C24H26ClN3O2S. The Morgan fingerprint density at radius 1 is 1.13 bits per heavy atom. The van der Waals surface area contributed by atoms with Gasteiger partial charge in [0.05, 0.1) is 23.5 Å². The Hall–Kier alpha value is -2.38. The number of hydrogen-bond donors (Lipinski definition) is 2. The van der Waals surface area contributed by atoms with Crippen LogP contribution in [0.4, 0.5) is 11.5 Å². The van der Waals surface area contributed by atoms with Gasteiger partial charge in [-0.3, -0.25) is 4.79 Å². The summed E-state index contributed by atoms with van der Waals surface area (Å²) >= 11 is 1.65. The highest BCUT2D eigenvalue weighted by Gasteiger charge is 2.23. The van der Waals surface area contributed by atoms with Gasteiger partial charge in [0.25, 0.3) is 0 Å². The van der Waals surface area contributed by atoms with Crippen molar-refractivity contribution in [3.8, 4) is 0 Å². The van der Waals surface area contributed by atoms with Crippen molar-refractivity contribution in [1.82, 2.24) is 4.98 Å². The Morgan fingerprint density at radius 2 is 1.90 bits per heavy atom. The molecule has 0 aliphatic carbocycles. The maximum Gasteiger partial charge on any atom is 0.168 e. The molecule has 2 aromatic carbocycles. The Kier molecular flexibility index (Phi) is 7.73. The Balaban J connectivity index is 0.00000272. The predicted octanol–water partition coefficient (Wildman–Crippen LogP) is 0.576. The van der Waals surface area contributed by atoms with Crippen LogP contribution >= 0.6 is 11.8 Å². The molecule has 0 saturated heterocycles. The average molecular weight is 456 g/mol. The summed E-state index contributed by atoms with van der Waals surface area (Å²) in [6.07, 6.45) is 1.68. The smallest absolute Gasteiger partial charge is 0.168 e. The topological polar surface area (TPSA) is 70.0 Å². The van der Waals surface area contributed by atoms with Gasteiger partial charge in [0, 0.05) is 23.7 Å². The number of aliphatic hydroxyl groups is 1. The minimum atomic E-state index is -0.550. The Bertz CT molecular complexity index is 1050. The highest BCUT2D eigenvalue weighted by atomic mass is 35.5. The van der Waals surface area contributed by atoms with Crippen LogP contribution in [0, 0.1) is 0 Å². The van der Waals surface area contributed by atoms with Gasteiger partial charge in [-0.15, -0.1) is 0 Å². The molecule has 3 N–H and O–H groups in total. The lowest BCUT2D eigenvalue weighted by Crippen LogP contribution is -3.00. The molecule has 0 spiro atoms. The van der Waals surface area contributed by atoms with Crippen LogP contribution in [0.3, 0.4) is 0 Å². The molecule has 1 aliphatic heterocycles. The second-order valence-corrected chi connectivity index (χ2v) is 8.66. The first-order valence-corrected chi connectivity index (χ1v) is 11.0. The number of carbonyl (C=O) groups excluding carboxylic acids is 1. The lowest BCUT2D eigenvalue weighted by atomic mass is 10.0. The SMILES string of the molecule is CC([NH2+]CCC(=O)c1ccc2c(c1)Sc1cccnc1N2C)C(O)c1ccccc1.[Cl-]. The van der Waals surface area contributed by atoms with E-state index in [0.29, 0.717) is 13.0 Å². The minimum absolute atomic E-state index is 0. The fourth-order valence-corrected chi connectivity index (χ4v) is 4.86. The minimum Gasteiger partial charge on any atom is -1.00 e. The number of benzene rings is 2. The van der Waals surface area contributed by atoms with Crippen molar-refractivity contribution in [3.05, 3.63) is 78.0 Å². The first kappa shape index (κ1) is 23.3. The van der Waals surface area contributed by atoms with E-state index in [2.05, 4.69) is 16.0 Å². The number of nitrogens with two attached hydrogens (primary N) is 1. The molecule has 1 aliphatic rings. The molecule has 2 unspecified atom stereocenters. The molecule has 0 bridgehead atoms. The number of aromatic nitrogens is 1. The van der Waals surface area contributed by atoms with E-state index in [9.17, 15) is 9.90 Å². The number of rotatable bonds is 7. The largest absolute Gasteiger partial charge is 1.00 e. The molecule has 5 nitrogen and oxygen atoms in total. The summed E-state index contributed by atoms with van der Waals surface area (Å²) in [4.78, 5) is 21.5. The highest BCUT2D eigenvalue weighted by molar-refractivity contribution is 7.99. The van der Waals surface area contributed by atoms with Crippen molar-refractivity contribution >= 4 is 29.1 Å². The fourth-order valence-electron chi connectivity index (χ4n) is 3.70. The summed E-state index contributed by atoms with van der Waals surface area (Å²) in [6, 6.07) is 19.5. The fraction of sp³-hybridized carbons (Fsp3) is 0.250. The van der Waals surface area contributed by atoms with Crippen LogP contribution in [-0.4, -0.2) is 35.5 Å². The molecule has 1 aromatic heterocycles. The van der Waals surface area contributed by atoms with Crippen molar-refractivity contribution < 1.29 is 27.6 Å². The quantitative estimate of drug-likeness (QED) is 0.510. The Morgan fingerprint density at radius 3 is 2.68 bits per heavy atom. The van der Waals surface area contributed by atoms with Crippen molar-refractivity contribution in [3.63, 3.8) is 0 Å². The van der Waals surface area contributed by atoms with E-state index in [4.69, 9.17) is 0 Å². The number of hydrogen-bond acceptors (Lipinski definition) is 5. The number of Topliss-reactive ketones (excluding diaryl/α,β-unsaturated/α-hetero) is 1. The van der Waals surface area contributed by atoms with E-state index in [1.165, 1.54) is 0 Å². The van der Waals surface area contributed by atoms with Gasteiger partial charge in [0.2, 0.25) is 0 Å². The number of pyridine rings is 1. The molecule has 2 heterocycles. The summed E-state index contributed by atoms with van der Waals surface area (Å²) in [5.41, 5.74) is 2.69. The molecule has 0 fully saturated rings. The number of aliphatic hydroxyl groups excluding tert-OH is 1. The second kappa shape index (κ2) is 10.3. The van der Waals surface area contributed by atoms with Gasteiger partial charge in [0.1, 0.15) is 18.0 Å². The van der Waals surface area contributed by atoms with E-state index in [1.807, 2.05) is 73.9 Å². The molecule has 0 saturated carbocycles. The maximum atomic E-state index is 12.8. The molecule has 162 valence electrons. The number of halogens is 1. The van der Waals surface area contributed by atoms with Crippen molar-refractivity contribution in [1.29, 1.82) is 0 Å². The van der Waals surface area contributed by atoms with Crippen LogP contribution < -0.4 is 22.6 Å². The molecule has 2 atom stereocenters.